The van der Waals surface area contributed by atoms with Crippen LogP contribution in [0.25, 0.3) is 11.1 Å². The molecule has 180 valence electrons. The van der Waals surface area contributed by atoms with Gasteiger partial charge in [0.05, 0.1) is 23.7 Å². The average molecular weight is 460 g/mol. The van der Waals surface area contributed by atoms with Gasteiger partial charge in [-0.3, -0.25) is 15.0 Å². The summed E-state index contributed by atoms with van der Waals surface area (Å²) in [5, 5.41) is 53.9. The number of nitrogens with one attached hydrogen (secondary N) is 1. The molecule has 1 saturated heterocycles. The molecule has 0 spiro atoms. The Kier molecular flexibility index (Phi) is 9.16. The van der Waals surface area contributed by atoms with E-state index in [4.69, 9.17) is 0 Å². The zero-order valence-corrected chi connectivity index (χ0v) is 18.6. The van der Waals surface area contributed by atoms with Crippen molar-refractivity contribution in [3.05, 3.63) is 58.6 Å². The monoisotopic (exact) mass is 459 g/mol. The van der Waals surface area contributed by atoms with E-state index >= 15 is 0 Å². The summed E-state index contributed by atoms with van der Waals surface area (Å²) in [6, 6.07) is 14.2. The highest BCUT2D eigenvalue weighted by Gasteiger charge is 2.40. The van der Waals surface area contributed by atoms with Gasteiger partial charge in [0, 0.05) is 19.2 Å². The third kappa shape index (κ3) is 6.49. The number of hydrogen-bond acceptors (Lipinski definition) is 8. The number of aliphatic hydroxyl groups is 4. The van der Waals surface area contributed by atoms with E-state index in [1.165, 1.54) is 0 Å². The Balaban J connectivity index is 1.42. The Labute approximate surface area is 193 Å². The van der Waals surface area contributed by atoms with Crippen molar-refractivity contribution in [1.29, 1.82) is 0 Å². The molecule has 33 heavy (non-hydrogen) atoms. The summed E-state index contributed by atoms with van der Waals surface area (Å²) < 4.78 is 0. The molecule has 0 radical (unpaired) electrons. The van der Waals surface area contributed by atoms with Gasteiger partial charge in [-0.15, -0.1) is 0 Å². The topological polar surface area (TPSA) is 139 Å². The molecule has 9 nitrogen and oxygen atoms in total. The summed E-state index contributed by atoms with van der Waals surface area (Å²) >= 11 is 0. The van der Waals surface area contributed by atoms with E-state index in [0.29, 0.717) is 18.8 Å². The molecule has 1 fully saturated rings. The highest BCUT2D eigenvalue weighted by Crippen LogP contribution is 2.30. The molecule has 2 aromatic rings. The van der Waals surface area contributed by atoms with Crippen molar-refractivity contribution in [2.75, 3.05) is 31.6 Å². The van der Waals surface area contributed by atoms with E-state index in [0.717, 1.165) is 36.8 Å². The molecule has 1 heterocycles. The summed E-state index contributed by atoms with van der Waals surface area (Å²) in [5.74, 6) is 0. The number of hydrogen-bond donors (Lipinski definition) is 5. The van der Waals surface area contributed by atoms with Crippen LogP contribution < -0.4 is 5.32 Å². The highest BCUT2D eigenvalue weighted by atomic mass is 16.6. The quantitative estimate of drug-likeness (QED) is 0.195. The number of nitro groups is 1. The SMILES string of the molecule is O=[N+]([O-])c1cc(-c2ccccc2)ccc1NCCCCCCN1C[C@H](O)[C@@H](O)[C@H](O)[C@H]1CO. The van der Waals surface area contributed by atoms with Crippen LogP contribution in [0.2, 0.25) is 0 Å². The molecule has 0 saturated carbocycles. The van der Waals surface area contributed by atoms with Gasteiger partial charge in [-0.1, -0.05) is 49.2 Å². The number of anilines is 1. The first kappa shape index (κ1) is 25.1. The molecular weight excluding hydrogens is 426 g/mol. The van der Waals surface area contributed by atoms with Gasteiger partial charge >= 0.3 is 0 Å². The van der Waals surface area contributed by atoms with Crippen LogP contribution in [0.4, 0.5) is 11.4 Å². The summed E-state index contributed by atoms with van der Waals surface area (Å²) in [5.41, 5.74) is 2.28. The van der Waals surface area contributed by atoms with Gasteiger partial charge < -0.3 is 25.7 Å². The number of likely N-dealkylation sites (tertiary alicyclic amines) is 1. The van der Waals surface area contributed by atoms with Crippen LogP contribution in [0.5, 0.6) is 0 Å². The van der Waals surface area contributed by atoms with Crippen molar-refractivity contribution in [3.63, 3.8) is 0 Å². The predicted octanol–water partition coefficient (Wildman–Crippen LogP) is 1.99. The Morgan fingerprint density at radius 2 is 1.70 bits per heavy atom. The van der Waals surface area contributed by atoms with Gasteiger partial charge in [-0.25, -0.2) is 0 Å². The molecule has 0 bridgehead atoms. The van der Waals surface area contributed by atoms with E-state index in [9.17, 15) is 30.5 Å². The fourth-order valence-electron chi connectivity index (χ4n) is 4.29. The molecule has 1 aliphatic rings. The van der Waals surface area contributed by atoms with Crippen molar-refractivity contribution < 1.29 is 25.3 Å². The molecule has 0 amide bonds. The minimum absolute atomic E-state index is 0.0517. The fraction of sp³-hybridized carbons (Fsp3) is 0.500. The van der Waals surface area contributed by atoms with Crippen molar-refractivity contribution in [1.82, 2.24) is 4.90 Å². The van der Waals surface area contributed by atoms with Gasteiger partial charge in [-0.2, -0.15) is 0 Å². The first-order chi connectivity index (χ1) is 15.9. The van der Waals surface area contributed by atoms with Crippen LogP contribution >= 0.6 is 0 Å². The Hall–Kier alpha value is -2.56. The predicted molar refractivity (Wildman–Crippen MR) is 126 cm³/mol. The van der Waals surface area contributed by atoms with Gasteiger partial charge in [0.1, 0.15) is 17.9 Å². The molecule has 0 aliphatic carbocycles. The van der Waals surface area contributed by atoms with Crippen LogP contribution in [0, 0.1) is 10.1 Å². The number of aliphatic hydroxyl groups excluding tert-OH is 4. The minimum Gasteiger partial charge on any atom is -0.395 e. The summed E-state index contributed by atoms with van der Waals surface area (Å²) in [4.78, 5) is 13.0. The van der Waals surface area contributed by atoms with E-state index in [1.807, 2.05) is 41.3 Å². The Morgan fingerprint density at radius 1 is 0.970 bits per heavy atom. The van der Waals surface area contributed by atoms with Crippen molar-refractivity contribution in [3.8, 4) is 11.1 Å². The van der Waals surface area contributed by atoms with Gasteiger partial charge in [0.15, 0.2) is 0 Å². The second-order valence-corrected chi connectivity index (χ2v) is 8.49. The van der Waals surface area contributed by atoms with Crippen molar-refractivity contribution in [2.24, 2.45) is 0 Å². The second-order valence-electron chi connectivity index (χ2n) is 8.49. The molecule has 3 rings (SSSR count). The zero-order chi connectivity index (χ0) is 23.8. The first-order valence-electron chi connectivity index (χ1n) is 11.4. The Bertz CT molecular complexity index is 897. The third-order valence-corrected chi connectivity index (χ3v) is 6.21. The maximum Gasteiger partial charge on any atom is 0.292 e. The number of β-amino-alcohol motifs (C(OH)–C–C–N with tert-alkyl or cyclic N) is 1. The molecule has 0 aromatic heterocycles. The molecule has 1 aliphatic heterocycles. The lowest BCUT2D eigenvalue weighted by Crippen LogP contribution is -2.62. The molecule has 2 aromatic carbocycles. The second kappa shape index (κ2) is 12.1. The first-order valence-corrected chi connectivity index (χ1v) is 11.4. The minimum atomic E-state index is -1.24. The van der Waals surface area contributed by atoms with Crippen molar-refractivity contribution in [2.45, 2.75) is 50.0 Å². The van der Waals surface area contributed by atoms with Crippen molar-refractivity contribution >= 4 is 11.4 Å². The normalized spacial score (nSPS) is 23.4. The van der Waals surface area contributed by atoms with E-state index in [1.54, 1.807) is 12.1 Å². The summed E-state index contributed by atoms with van der Waals surface area (Å²) in [7, 11) is 0. The smallest absolute Gasteiger partial charge is 0.292 e. The lowest BCUT2D eigenvalue weighted by molar-refractivity contribution is -0.383. The maximum absolute atomic E-state index is 11.5. The van der Waals surface area contributed by atoms with E-state index in [-0.39, 0.29) is 23.8 Å². The largest absolute Gasteiger partial charge is 0.395 e. The molecule has 0 unspecified atom stereocenters. The average Bonchev–Trinajstić information content (AvgIpc) is 2.82. The lowest BCUT2D eigenvalue weighted by atomic mass is 9.94. The number of unbranched alkanes of at least 4 members (excludes halogenated alkanes) is 3. The number of benzene rings is 2. The van der Waals surface area contributed by atoms with Crippen LogP contribution in [0.15, 0.2) is 48.5 Å². The van der Waals surface area contributed by atoms with Crippen LogP contribution in [0.3, 0.4) is 0 Å². The van der Waals surface area contributed by atoms with Crippen LogP contribution in [-0.2, 0) is 0 Å². The Morgan fingerprint density at radius 3 is 2.39 bits per heavy atom. The molecule has 4 atom stereocenters. The maximum atomic E-state index is 11.5. The number of nitrogens with zero attached hydrogens (tertiary/aromatic N) is 2. The van der Waals surface area contributed by atoms with Gasteiger partial charge in [0.2, 0.25) is 0 Å². The van der Waals surface area contributed by atoms with Gasteiger partial charge in [-0.05, 0) is 36.6 Å². The standard InChI is InChI=1S/C24H33N3O6/c28-16-21-23(30)24(31)22(29)15-26(21)13-7-2-1-6-12-25-19-11-10-18(14-20(19)27(32)33)17-8-4-3-5-9-17/h3-5,8-11,14,21-25,28-31H,1-2,6-7,12-13,15-16H2/t21-,22+,23-,24-/m1/s1. The summed E-state index contributed by atoms with van der Waals surface area (Å²) in [6.45, 7) is 1.15. The molecule has 9 heteroatoms. The highest BCUT2D eigenvalue weighted by molar-refractivity contribution is 5.73. The number of nitro benzene ring substituents is 1. The number of piperidine rings is 1. The summed E-state index contributed by atoms with van der Waals surface area (Å²) in [6.07, 6.45) is 0.0236. The molecule has 5 N–H and O–H groups in total. The molecular formula is C24H33N3O6. The number of rotatable bonds is 11. The van der Waals surface area contributed by atoms with Crippen LogP contribution in [-0.4, -0.2) is 80.8 Å². The lowest BCUT2D eigenvalue weighted by Gasteiger charge is -2.43. The van der Waals surface area contributed by atoms with E-state index < -0.39 is 24.4 Å². The van der Waals surface area contributed by atoms with Crippen LogP contribution in [0.1, 0.15) is 25.7 Å². The van der Waals surface area contributed by atoms with Gasteiger partial charge in [0.25, 0.3) is 5.69 Å². The fourth-order valence-corrected chi connectivity index (χ4v) is 4.29. The zero-order valence-electron chi connectivity index (χ0n) is 18.6. The third-order valence-electron chi connectivity index (χ3n) is 6.21. The van der Waals surface area contributed by atoms with E-state index in [2.05, 4.69) is 5.32 Å².